The summed E-state index contributed by atoms with van der Waals surface area (Å²) in [4.78, 5) is 0. The van der Waals surface area contributed by atoms with Crippen molar-refractivity contribution >= 4 is 0 Å². The Morgan fingerprint density at radius 2 is 2.07 bits per heavy atom. The first-order valence-corrected chi connectivity index (χ1v) is 5.34. The maximum absolute atomic E-state index is 9.60. The second-order valence-electron chi connectivity index (χ2n) is 4.01. The second kappa shape index (κ2) is 4.75. The molecule has 2 N–H and O–H groups in total. The Bertz CT molecular complexity index is 302. The third-order valence-corrected chi connectivity index (χ3v) is 2.81. The van der Waals surface area contributed by atoms with Gasteiger partial charge < -0.3 is 15.2 Å². The van der Waals surface area contributed by atoms with E-state index in [1.54, 1.807) is 0 Å². The molecule has 0 radical (unpaired) electrons. The van der Waals surface area contributed by atoms with Crippen molar-refractivity contribution in [2.45, 2.75) is 25.1 Å². The summed E-state index contributed by atoms with van der Waals surface area (Å²) in [7, 11) is 0. The maximum Gasteiger partial charge on any atom is 0.0948 e. The molecule has 2 rings (SSSR count). The van der Waals surface area contributed by atoms with Crippen molar-refractivity contribution in [3.8, 4) is 0 Å². The van der Waals surface area contributed by atoms with Crippen LogP contribution in [0.5, 0.6) is 0 Å². The van der Waals surface area contributed by atoms with Crippen LogP contribution in [0, 0.1) is 0 Å². The molecule has 1 heterocycles. The van der Waals surface area contributed by atoms with E-state index in [1.807, 2.05) is 18.2 Å². The number of hydrogen-bond donors (Lipinski definition) is 2. The first kappa shape index (κ1) is 10.6. The van der Waals surface area contributed by atoms with E-state index >= 15 is 0 Å². The number of aliphatic hydroxyl groups is 1. The van der Waals surface area contributed by atoms with Crippen LogP contribution in [0.3, 0.4) is 0 Å². The Hall–Kier alpha value is -0.900. The molecule has 0 saturated carbocycles. The summed E-state index contributed by atoms with van der Waals surface area (Å²) in [6.07, 6.45) is -0.379. The van der Waals surface area contributed by atoms with Crippen LogP contribution < -0.4 is 5.32 Å². The molecule has 0 amide bonds. The number of ether oxygens (including phenoxy) is 1. The molecular formula is C12H17NO2. The summed E-state index contributed by atoms with van der Waals surface area (Å²) in [5.74, 6) is 0. The molecule has 3 nitrogen and oxygen atoms in total. The lowest BCUT2D eigenvalue weighted by Gasteiger charge is -2.20. The van der Waals surface area contributed by atoms with Crippen LogP contribution in [-0.4, -0.2) is 30.5 Å². The van der Waals surface area contributed by atoms with Crippen molar-refractivity contribution in [2.24, 2.45) is 0 Å². The maximum atomic E-state index is 9.60. The lowest BCUT2D eigenvalue weighted by atomic mass is 10.1. The molecule has 1 fully saturated rings. The fourth-order valence-corrected chi connectivity index (χ4v) is 1.86. The first-order valence-electron chi connectivity index (χ1n) is 5.34. The molecule has 1 saturated heterocycles. The van der Waals surface area contributed by atoms with E-state index in [1.165, 1.54) is 5.56 Å². The highest BCUT2D eigenvalue weighted by atomic mass is 16.5. The van der Waals surface area contributed by atoms with Crippen LogP contribution in [0.4, 0.5) is 0 Å². The molecule has 0 spiro atoms. The Labute approximate surface area is 90.1 Å². The highest BCUT2D eigenvalue weighted by molar-refractivity contribution is 5.18. The molecule has 0 aliphatic carbocycles. The van der Waals surface area contributed by atoms with Gasteiger partial charge in [-0.25, -0.2) is 0 Å². The van der Waals surface area contributed by atoms with Crippen molar-refractivity contribution in [2.75, 3.05) is 13.2 Å². The van der Waals surface area contributed by atoms with E-state index in [0.29, 0.717) is 13.2 Å². The average Bonchev–Trinajstić information content (AvgIpc) is 2.66. The second-order valence-corrected chi connectivity index (χ2v) is 4.01. The summed E-state index contributed by atoms with van der Waals surface area (Å²) in [6.45, 7) is 3.14. The highest BCUT2D eigenvalue weighted by Gasteiger charge is 2.27. The first-order chi connectivity index (χ1) is 7.27. The third-order valence-electron chi connectivity index (χ3n) is 2.81. The Morgan fingerprint density at radius 1 is 1.33 bits per heavy atom. The molecule has 0 bridgehead atoms. The Morgan fingerprint density at radius 3 is 2.67 bits per heavy atom. The standard InChI is InChI=1S/C12H17NO2/c1-9(10-5-3-2-4-6-10)13-11-7-15-8-12(11)14/h2-6,9,11-14H,7-8H2,1H3. The molecule has 3 atom stereocenters. The number of benzene rings is 1. The van der Waals surface area contributed by atoms with E-state index in [2.05, 4.69) is 24.4 Å². The number of hydrogen-bond acceptors (Lipinski definition) is 3. The van der Waals surface area contributed by atoms with Crippen LogP contribution in [0.25, 0.3) is 0 Å². The molecule has 3 unspecified atom stereocenters. The minimum atomic E-state index is -0.379. The molecule has 1 aromatic carbocycles. The van der Waals surface area contributed by atoms with Crippen LogP contribution in [-0.2, 0) is 4.74 Å². The van der Waals surface area contributed by atoms with Gasteiger partial charge in [-0.05, 0) is 12.5 Å². The van der Waals surface area contributed by atoms with Crippen molar-refractivity contribution in [1.29, 1.82) is 0 Å². The zero-order valence-electron chi connectivity index (χ0n) is 8.89. The minimum absolute atomic E-state index is 0.0557. The summed E-state index contributed by atoms with van der Waals surface area (Å²) >= 11 is 0. The van der Waals surface area contributed by atoms with Gasteiger partial charge in [0.25, 0.3) is 0 Å². The van der Waals surface area contributed by atoms with Crippen molar-refractivity contribution < 1.29 is 9.84 Å². The van der Waals surface area contributed by atoms with Crippen molar-refractivity contribution in [3.05, 3.63) is 35.9 Å². The number of aliphatic hydroxyl groups excluding tert-OH is 1. The molecule has 3 heteroatoms. The van der Waals surface area contributed by atoms with E-state index < -0.39 is 0 Å². The van der Waals surface area contributed by atoms with Crippen molar-refractivity contribution in [3.63, 3.8) is 0 Å². The van der Waals surface area contributed by atoms with E-state index in [-0.39, 0.29) is 18.2 Å². The normalized spacial score (nSPS) is 27.9. The Balaban J connectivity index is 1.95. The summed E-state index contributed by atoms with van der Waals surface area (Å²) in [6, 6.07) is 10.5. The highest BCUT2D eigenvalue weighted by Crippen LogP contribution is 2.15. The van der Waals surface area contributed by atoms with Crippen molar-refractivity contribution in [1.82, 2.24) is 5.32 Å². The molecule has 1 aliphatic rings. The van der Waals surface area contributed by atoms with Gasteiger partial charge in [-0.15, -0.1) is 0 Å². The van der Waals surface area contributed by atoms with Gasteiger partial charge in [0, 0.05) is 6.04 Å². The molecule has 15 heavy (non-hydrogen) atoms. The smallest absolute Gasteiger partial charge is 0.0948 e. The molecule has 0 aromatic heterocycles. The van der Waals surface area contributed by atoms with Crippen LogP contribution in [0.2, 0.25) is 0 Å². The van der Waals surface area contributed by atoms with Gasteiger partial charge in [-0.3, -0.25) is 0 Å². The number of rotatable bonds is 3. The van der Waals surface area contributed by atoms with E-state index in [4.69, 9.17) is 4.74 Å². The van der Waals surface area contributed by atoms with E-state index in [9.17, 15) is 5.11 Å². The molecule has 1 aliphatic heterocycles. The fourth-order valence-electron chi connectivity index (χ4n) is 1.86. The predicted octanol–water partition coefficient (Wildman–Crippen LogP) is 1.10. The average molecular weight is 207 g/mol. The van der Waals surface area contributed by atoms with Crippen LogP contribution in [0.15, 0.2) is 30.3 Å². The quantitative estimate of drug-likeness (QED) is 0.779. The topological polar surface area (TPSA) is 41.5 Å². The lowest BCUT2D eigenvalue weighted by molar-refractivity contribution is 0.121. The molecule has 1 aromatic rings. The van der Waals surface area contributed by atoms with Crippen LogP contribution >= 0.6 is 0 Å². The van der Waals surface area contributed by atoms with Gasteiger partial charge >= 0.3 is 0 Å². The molecule has 82 valence electrons. The third kappa shape index (κ3) is 2.56. The lowest BCUT2D eigenvalue weighted by Crippen LogP contribution is -2.40. The monoisotopic (exact) mass is 207 g/mol. The largest absolute Gasteiger partial charge is 0.389 e. The number of nitrogens with one attached hydrogen (secondary N) is 1. The summed E-state index contributed by atoms with van der Waals surface area (Å²) in [5.41, 5.74) is 1.23. The predicted molar refractivity (Wildman–Crippen MR) is 58.6 cm³/mol. The summed E-state index contributed by atoms with van der Waals surface area (Å²) < 4.78 is 5.19. The fraction of sp³-hybridized carbons (Fsp3) is 0.500. The zero-order chi connectivity index (χ0) is 10.7. The van der Waals surface area contributed by atoms with Gasteiger partial charge in [0.2, 0.25) is 0 Å². The summed E-state index contributed by atoms with van der Waals surface area (Å²) in [5, 5.41) is 13.0. The minimum Gasteiger partial charge on any atom is -0.389 e. The van der Waals surface area contributed by atoms with Gasteiger partial charge in [-0.1, -0.05) is 30.3 Å². The zero-order valence-corrected chi connectivity index (χ0v) is 8.89. The Kier molecular flexibility index (Phi) is 3.36. The molecular weight excluding hydrogens is 190 g/mol. The van der Waals surface area contributed by atoms with Gasteiger partial charge in [-0.2, -0.15) is 0 Å². The van der Waals surface area contributed by atoms with Gasteiger partial charge in [0.15, 0.2) is 0 Å². The van der Waals surface area contributed by atoms with Gasteiger partial charge in [0.05, 0.1) is 25.4 Å². The van der Waals surface area contributed by atoms with Gasteiger partial charge in [0.1, 0.15) is 0 Å². The SMILES string of the molecule is CC(NC1COCC1O)c1ccccc1. The van der Waals surface area contributed by atoms with Crippen LogP contribution in [0.1, 0.15) is 18.5 Å². The van der Waals surface area contributed by atoms with E-state index in [0.717, 1.165) is 0 Å².